The van der Waals surface area contributed by atoms with Crippen LogP contribution in [-0.2, 0) is 9.47 Å². The van der Waals surface area contributed by atoms with Gasteiger partial charge in [0.2, 0.25) is 0 Å². The van der Waals surface area contributed by atoms with Gasteiger partial charge in [0.15, 0.2) is 5.96 Å². The van der Waals surface area contributed by atoms with Crippen LogP contribution in [0.1, 0.15) is 34.1 Å². The molecule has 7 nitrogen and oxygen atoms in total. The SMILES string of the molecule is CCCN(CCNC(=NC)NCCOC)C(=O)OC(C)(C)C.I. The number of halogens is 1. The molecule has 0 aromatic heterocycles. The van der Waals surface area contributed by atoms with Gasteiger partial charge in [0.05, 0.1) is 6.61 Å². The molecule has 0 saturated heterocycles. The van der Waals surface area contributed by atoms with Gasteiger partial charge in [-0.15, -0.1) is 24.0 Å². The maximum Gasteiger partial charge on any atom is 0.410 e. The van der Waals surface area contributed by atoms with E-state index in [1.807, 2.05) is 27.7 Å². The van der Waals surface area contributed by atoms with Gasteiger partial charge in [-0.3, -0.25) is 4.99 Å². The van der Waals surface area contributed by atoms with Crippen molar-refractivity contribution >= 4 is 36.0 Å². The van der Waals surface area contributed by atoms with Crippen LogP contribution in [0.4, 0.5) is 4.79 Å². The number of amides is 1. The van der Waals surface area contributed by atoms with E-state index in [4.69, 9.17) is 9.47 Å². The quantitative estimate of drug-likeness (QED) is 0.260. The normalized spacial score (nSPS) is 11.5. The molecule has 0 saturated carbocycles. The van der Waals surface area contributed by atoms with E-state index in [0.717, 1.165) is 6.42 Å². The van der Waals surface area contributed by atoms with Gasteiger partial charge in [0, 0.05) is 40.3 Å². The van der Waals surface area contributed by atoms with E-state index in [9.17, 15) is 4.79 Å². The second-order valence-corrected chi connectivity index (χ2v) is 5.89. The highest BCUT2D eigenvalue weighted by atomic mass is 127. The van der Waals surface area contributed by atoms with Gasteiger partial charge in [-0.25, -0.2) is 4.79 Å². The second-order valence-electron chi connectivity index (χ2n) is 5.89. The van der Waals surface area contributed by atoms with Crippen molar-refractivity contribution < 1.29 is 14.3 Å². The number of ether oxygens (including phenoxy) is 2. The zero-order chi connectivity index (χ0) is 17.0. The Bertz CT molecular complexity index is 346. The van der Waals surface area contributed by atoms with Crippen molar-refractivity contribution in [2.45, 2.75) is 39.7 Å². The molecule has 0 fully saturated rings. The lowest BCUT2D eigenvalue weighted by atomic mass is 10.2. The maximum absolute atomic E-state index is 12.1. The minimum absolute atomic E-state index is 0. The van der Waals surface area contributed by atoms with Crippen LogP contribution in [0.5, 0.6) is 0 Å². The topological polar surface area (TPSA) is 75.2 Å². The number of carbonyl (C=O) groups is 1. The van der Waals surface area contributed by atoms with Crippen molar-refractivity contribution in [1.29, 1.82) is 0 Å². The molecule has 0 aliphatic rings. The molecular weight excluding hydrogens is 411 g/mol. The van der Waals surface area contributed by atoms with Crippen molar-refractivity contribution in [3.05, 3.63) is 0 Å². The Hall–Kier alpha value is -0.770. The van der Waals surface area contributed by atoms with Gasteiger partial charge in [-0.1, -0.05) is 6.92 Å². The van der Waals surface area contributed by atoms with E-state index in [1.54, 1.807) is 19.1 Å². The third kappa shape index (κ3) is 13.4. The van der Waals surface area contributed by atoms with Crippen molar-refractivity contribution in [2.75, 3.05) is 46.9 Å². The first-order valence-electron chi connectivity index (χ1n) is 7.75. The molecule has 0 aliphatic carbocycles. The Morgan fingerprint density at radius 2 is 1.78 bits per heavy atom. The summed E-state index contributed by atoms with van der Waals surface area (Å²) in [7, 11) is 3.36. The molecule has 0 aliphatic heterocycles. The molecule has 0 heterocycles. The average Bonchev–Trinajstić information content (AvgIpc) is 2.42. The largest absolute Gasteiger partial charge is 0.444 e. The van der Waals surface area contributed by atoms with Gasteiger partial charge < -0.3 is 25.0 Å². The molecule has 0 aromatic rings. The van der Waals surface area contributed by atoms with Gasteiger partial charge in [0.1, 0.15) is 5.60 Å². The number of methoxy groups -OCH3 is 1. The predicted molar refractivity (Wildman–Crippen MR) is 105 cm³/mol. The van der Waals surface area contributed by atoms with Crippen LogP contribution in [0.15, 0.2) is 4.99 Å². The fraction of sp³-hybridized carbons (Fsp3) is 0.867. The first-order valence-corrected chi connectivity index (χ1v) is 7.75. The number of hydrogen-bond donors (Lipinski definition) is 2. The summed E-state index contributed by atoms with van der Waals surface area (Å²) in [5.74, 6) is 0.692. The Balaban J connectivity index is 0. The Morgan fingerprint density at radius 3 is 2.26 bits per heavy atom. The van der Waals surface area contributed by atoms with Crippen LogP contribution >= 0.6 is 24.0 Å². The lowest BCUT2D eigenvalue weighted by Gasteiger charge is -2.27. The maximum atomic E-state index is 12.1. The fourth-order valence-electron chi connectivity index (χ4n) is 1.69. The number of hydrogen-bond acceptors (Lipinski definition) is 4. The van der Waals surface area contributed by atoms with Gasteiger partial charge in [-0.05, 0) is 27.2 Å². The molecule has 8 heteroatoms. The number of aliphatic imine (C=N–C) groups is 1. The first-order chi connectivity index (χ1) is 10.3. The summed E-state index contributed by atoms with van der Waals surface area (Å²) in [6, 6.07) is 0. The Labute approximate surface area is 157 Å². The van der Waals surface area contributed by atoms with E-state index in [0.29, 0.717) is 38.7 Å². The molecule has 0 rings (SSSR count). The summed E-state index contributed by atoms with van der Waals surface area (Å²) in [5, 5.41) is 6.29. The van der Waals surface area contributed by atoms with Crippen molar-refractivity contribution in [2.24, 2.45) is 4.99 Å². The van der Waals surface area contributed by atoms with Crippen molar-refractivity contribution in [3.8, 4) is 0 Å². The van der Waals surface area contributed by atoms with Crippen molar-refractivity contribution in [3.63, 3.8) is 0 Å². The van der Waals surface area contributed by atoms with Gasteiger partial charge in [0.25, 0.3) is 0 Å². The minimum Gasteiger partial charge on any atom is -0.444 e. The molecule has 1 amide bonds. The summed E-state index contributed by atoms with van der Waals surface area (Å²) in [6.45, 7) is 10.8. The predicted octanol–water partition coefficient (Wildman–Crippen LogP) is 2.06. The molecule has 0 radical (unpaired) electrons. The Morgan fingerprint density at radius 1 is 1.17 bits per heavy atom. The van der Waals surface area contributed by atoms with Crippen LogP contribution < -0.4 is 10.6 Å². The highest BCUT2D eigenvalue weighted by molar-refractivity contribution is 14.0. The minimum atomic E-state index is -0.478. The second kappa shape index (κ2) is 13.6. The number of nitrogens with zero attached hydrogens (tertiary/aromatic N) is 2. The highest BCUT2D eigenvalue weighted by Crippen LogP contribution is 2.09. The standard InChI is InChI=1S/C15H32N4O3.HI/c1-7-10-19(14(20)22-15(2,3)4)11-8-17-13(16-5)18-9-12-21-6;/h7-12H2,1-6H3,(H2,16,17,18);1H. The molecule has 23 heavy (non-hydrogen) atoms. The molecule has 0 bridgehead atoms. The summed E-state index contributed by atoms with van der Waals surface area (Å²) in [4.78, 5) is 17.9. The third-order valence-corrected chi connectivity index (χ3v) is 2.64. The molecule has 0 spiro atoms. The van der Waals surface area contributed by atoms with Crippen molar-refractivity contribution in [1.82, 2.24) is 15.5 Å². The molecule has 0 aromatic carbocycles. The highest BCUT2D eigenvalue weighted by Gasteiger charge is 2.21. The zero-order valence-corrected chi connectivity index (χ0v) is 17.6. The summed E-state index contributed by atoms with van der Waals surface area (Å²) in [5.41, 5.74) is -0.478. The number of rotatable bonds is 8. The molecule has 2 N–H and O–H groups in total. The molecular formula is C15H33IN4O3. The molecule has 0 unspecified atom stereocenters. The smallest absolute Gasteiger partial charge is 0.410 e. The van der Waals surface area contributed by atoms with E-state index in [1.165, 1.54) is 0 Å². The average molecular weight is 444 g/mol. The van der Waals surface area contributed by atoms with E-state index < -0.39 is 5.60 Å². The van der Waals surface area contributed by atoms with Crippen LogP contribution in [-0.4, -0.2) is 69.5 Å². The summed E-state index contributed by atoms with van der Waals surface area (Å²) < 4.78 is 10.4. The molecule has 0 atom stereocenters. The summed E-state index contributed by atoms with van der Waals surface area (Å²) >= 11 is 0. The number of carbonyl (C=O) groups excluding carboxylic acids is 1. The lowest BCUT2D eigenvalue weighted by molar-refractivity contribution is 0.0253. The van der Waals surface area contributed by atoms with E-state index >= 15 is 0 Å². The lowest BCUT2D eigenvalue weighted by Crippen LogP contribution is -2.45. The van der Waals surface area contributed by atoms with Crippen LogP contribution in [0.25, 0.3) is 0 Å². The fourth-order valence-corrected chi connectivity index (χ4v) is 1.69. The van der Waals surface area contributed by atoms with E-state index in [2.05, 4.69) is 15.6 Å². The van der Waals surface area contributed by atoms with E-state index in [-0.39, 0.29) is 30.1 Å². The number of guanidine groups is 1. The van der Waals surface area contributed by atoms with Crippen LogP contribution in [0, 0.1) is 0 Å². The third-order valence-electron chi connectivity index (χ3n) is 2.64. The molecule has 138 valence electrons. The van der Waals surface area contributed by atoms with Crippen LogP contribution in [0.2, 0.25) is 0 Å². The monoisotopic (exact) mass is 444 g/mol. The van der Waals surface area contributed by atoms with Crippen LogP contribution in [0.3, 0.4) is 0 Å². The summed E-state index contributed by atoms with van der Waals surface area (Å²) in [6.07, 6.45) is 0.610. The van der Waals surface area contributed by atoms with Gasteiger partial charge in [-0.2, -0.15) is 0 Å². The Kier molecular flexibility index (Phi) is 14.5. The number of nitrogens with one attached hydrogen (secondary N) is 2. The van der Waals surface area contributed by atoms with Gasteiger partial charge >= 0.3 is 6.09 Å². The zero-order valence-electron chi connectivity index (χ0n) is 15.3. The first kappa shape index (κ1) is 24.5.